The van der Waals surface area contributed by atoms with E-state index in [0.717, 1.165) is 11.3 Å². The number of phenolic OH excluding ortho intramolecular Hbond substituents is 2. The van der Waals surface area contributed by atoms with Crippen molar-refractivity contribution >= 4 is 52.4 Å². The maximum absolute atomic E-state index is 14.1. The Morgan fingerprint density at radius 2 is 1.73 bits per heavy atom. The number of ketones is 4. The zero-order valence-corrected chi connectivity index (χ0v) is 38.2. The van der Waals surface area contributed by atoms with E-state index in [1.165, 1.54) is 42.0 Å². The number of aryl methyl sites for hydroxylation is 1. The summed E-state index contributed by atoms with van der Waals surface area (Å²) in [5, 5.41) is 48.2. The van der Waals surface area contributed by atoms with Gasteiger partial charge in [-0.25, -0.2) is 0 Å². The molecule has 4 saturated heterocycles. The van der Waals surface area contributed by atoms with Crippen LogP contribution in [-0.4, -0.2) is 153 Å². The van der Waals surface area contributed by atoms with Crippen LogP contribution in [0.3, 0.4) is 0 Å². The van der Waals surface area contributed by atoms with Crippen LogP contribution in [0.4, 0.5) is 5.69 Å². The lowest BCUT2D eigenvalue weighted by Gasteiger charge is -2.44. The van der Waals surface area contributed by atoms with Gasteiger partial charge in [-0.1, -0.05) is 24.3 Å². The fourth-order valence-corrected chi connectivity index (χ4v) is 11.5. The highest BCUT2D eigenvalue weighted by molar-refractivity contribution is 8.00. The number of hydrogen-bond donors (Lipinski definition) is 5. The molecule has 4 heterocycles. The molecule has 18 nitrogen and oxygen atoms in total. The third kappa shape index (κ3) is 8.01. The highest BCUT2D eigenvalue weighted by Gasteiger charge is 2.57. The lowest BCUT2D eigenvalue weighted by molar-refractivity contribution is -0.248. The minimum Gasteiger partial charge on any atom is -0.507 e. The molecule has 10 atom stereocenters. The van der Waals surface area contributed by atoms with Gasteiger partial charge in [0.2, 0.25) is 17.6 Å². The lowest BCUT2D eigenvalue weighted by atomic mass is 9.72. The van der Waals surface area contributed by atoms with Gasteiger partial charge >= 0.3 is 0 Å². The van der Waals surface area contributed by atoms with Crippen LogP contribution in [0.1, 0.15) is 93.7 Å². The van der Waals surface area contributed by atoms with Crippen LogP contribution in [0.2, 0.25) is 0 Å². The molecule has 2 aliphatic carbocycles. The molecule has 4 fully saturated rings. The Bertz CT molecular complexity index is 2540. The van der Waals surface area contributed by atoms with Gasteiger partial charge in [0.1, 0.15) is 53.7 Å². The van der Waals surface area contributed by atoms with Gasteiger partial charge in [-0.15, -0.1) is 0 Å². The molecule has 356 valence electrons. The van der Waals surface area contributed by atoms with Gasteiger partial charge in [0, 0.05) is 80.1 Å². The number of phenols is 2. The van der Waals surface area contributed by atoms with Crippen LogP contribution < -0.4 is 10.1 Å². The molecule has 5 N–H and O–H groups in total. The van der Waals surface area contributed by atoms with Crippen LogP contribution in [0.5, 0.6) is 17.2 Å². The number of carbonyl (C=O) groups is 6. The van der Waals surface area contributed by atoms with Gasteiger partial charge in [0.15, 0.2) is 17.9 Å². The number of thioether (sulfide) groups is 1. The first kappa shape index (κ1) is 46.8. The number of rotatable bonds is 14. The van der Waals surface area contributed by atoms with Crippen molar-refractivity contribution in [1.29, 1.82) is 0 Å². The number of hydrogen-bond acceptors (Lipinski definition) is 18. The van der Waals surface area contributed by atoms with E-state index in [1.807, 2.05) is 30.5 Å². The van der Waals surface area contributed by atoms with E-state index in [1.54, 1.807) is 14.0 Å². The van der Waals surface area contributed by atoms with E-state index in [9.17, 15) is 49.2 Å². The molecule has 2 unspecified atom stereocenters. The highest BCUT2D eigenvalue weighted by atomic mass is 32.2. The molecule has 19 heteroatoms. The first-order chi connectivity index (χ1) is 32.1. The summed E-state index contributed by atoms with van der Waals surface area (Å²) in [4.78, 5) is 83.2. The number of likely N-dealkylation sites (tertiary alicyclic amines) is 1. The van der Waals surface area contributed by atoms with Crippen molar-refractivity contribution in [3.63, 3.8) is 0 Å². The molecule has 2 amide bonds. The number of aliphatic hydroxyl groups is 2. The zero-order chi connectivity index (χ0) is 47.6. The number of nitrogens with zero attached hydrogens (tertiary/aromatic N) is 2. The molecule has 67 heavy (non-hydrogen) atoms. The minimum absolute atomic E-state index is 0.0281. The predicted molar refractivity (Wildman–Crippen MR) is 238 cm³/mol. The number of aromatic hydroxyl groups is 2. The van der Waals surface area contributed by atoms with Gasteiger partial charge in [-0.3, -0.25) is 38.6 Å². The van der Waals surface area contributed by atoms with Crippen molar-refractivity contribution in [2.45, 2.75) is 106 Å². The maximum Gasteiger partial charge on any atom is 0.244 e. The second-order valence-electron chi connectivity index (χ2n) is 18.0. The Hall–Kier alpha value is -5.25. The molecule has 0 saturated carbocycles. The summed E-state index contributed by atoms with van der Waals surface area (Å²) in [5.41, 5.74) is -2.03. The molecule has 9 rings (SSSR count). The minimum atomic E-state index is -2.30. The number of anilines is 1. The molecule has 6 aliphatic rings. The summed E-state index contributed by atoms with van der Waals surface area (Å²) in [5.74, 6) is -4.64. The average molecular weight is 944 g/mol. The van der Waals surface area contributed by atoms with Crippen LogP contribution >= 0.6 is 11.8 Å². The molecule has 0 bridgehead atoms. The van der Waals surface area contributed by atoms with Crippen LogP contribution in [0.15, 0.2) is 42.5 Å². The second kappa shape index (κ2) is 18.3. The summed E-state index contributed by atoms with van der Waals surface area (Å²) in [6.45, 7) is 1.33. The number of piperidine rings is 1. The van der Waals surface area contributed by atoms with Gasteiger partial charge in [0.25, 0.3) is 0 Å². The number of methoxy groups -OCH3 is 2. The summed E-state index contributed by atoms with van der Waals surface area (Å²) in [7, 11) is 2.88. The Labute approximate surface area is 389 Å². The fraction of sp³-hybridized carbons (Fsp3) is 0.500. The van der Waals surface area contributed by atoms with Crippen molar-refractivity contribution in [1.82, 2.24) is 9.80 Å². The number of fused-ring (bicyclic) bond motifs is 6. The molecule has 0 aromatic heterocycles. The van der Waals surface area contributed by atoms with Crippen LogP contribution in [0.25, 0.3) is 0 Å². The van der Waals surface area contributed by atoms with E-state index in [2.05, 4.69) is 10.2 Å². The van der Waals surface area contributed by atoms with Crippen molar-refractivity contribution in [3.8, 4) is 17.2 Å². The topological polar surface area (TPSA) is 248 Å². The van der Waals surface area contributed by atoms with E-state index in [4.69, 9.17) is 23.7 Å². The lowest BCUT2D eigenvalue weighted by Crippen LogP contribution is -2.56. The standard InChI is InChI=1S/C48H53N3O15S/c1-22-44-28(50-15-14-25(45(63-3)47(50)66-44)29(53)13-10-23-8-11-24(12-9-23)49-21-51-34(55)17-32(67-4)46(51)60)16-35(64-22)65-31-19-48(61,33(54)20-52)18-27-37(31)43(59)39-38(41(27)57)40(56)26-6-5-7-30(62-2)36(26)42(39)58/h5-9,11-12,22,25,28,31-32,35,44-45,47,49,52,57,59,61H,10,13-21H2,1-4H3/t22-,25?,28-,31-,32?,35-,44+,45-,47+,48-/m0/s1. The highest BCUT2D eigenvalue weighted by Crippen LogP contribution is 2.53. The predicted octanol–water partition coefficient (Wildman–Crippen LogP) is 2.81. The molecule has 0 radical (unpaired) electrons. The van der Waals surface area contributed by atoms with Gasteiger partial charge in [-0.2, -0.15) is 11.8 Å². The molecule has 0 spiro atoms. The summed E-state index contributed by atoms with van der Waals surface area (Å²) in [6, 6.07) is 11.6. The third-order valence-corrected chi connectivity index (χ3v) is 15.3. The summed E-state index contributed by atoms with van der Waals surface area (Å²) >= 11 is 1.36. The Morgan fingerprint density at radius 1 is 0.985 bits per heavy atom. The van der Waals surface area contributed by atoms with Crippen molar-refractivity contribution in [2.24, 2.45) is 5.92 Å². The number of benzene rings is 3. The SMILES string of the molecule is COc1cccc2c1C(=O)c1c(O)c3c(c(O)c1C2=O)C[C@@](O)(C(=O)CO)C[C@@H]3O[C@H]1C[C@H]2[C@H](O[C@@H]3[C@@H](OC)C(C(=O)CCc4ccc(NCN5C(=O)CC(SC)C5=O)cc4)CCN32)[C@H](C)O1. The van der Waals surface area contributed by atoms with Crippen molar-refractivity contribution in [3.05, 3.63) is 81.4 Å². The molecule has 3 aromatic carbocycles. The van der Waals surface area contributed by atoms with Crippen molar-refractivity contribution < 1.29 is 72.9 Å². The van der Waals surface area contributed by atoms with E-state index >= 15 is 0 Å². The number of amides is 2. The zero-order valence-electron chi connectivity index (χ0n) is 37.4. The number of imide groups is 1. The Morgan fingerprint density at radius 3 is 2.42 bits per heavy atom. The first-order valence-corrected chi connectivity index (χ1v) is 23.6. The summed E-state index contributed by atoms with van der Waals surface area (Å²) in [6.07, 6.45) is -2.32. The number of ether oxygens (including phenoxy) is 5. The fourth-order valence-electron chi connectivity index (χ4n) is 10.9. The van der Waals surface area contributed by atoms with E-state index < -0.39 is 108 Å². The quantitative estimate of drug-likeness (QED) is 0.0901. The maximum atomic E-state index is 14.1. The summed E-state index contributed by atoms with van der Waals surface area (Å²) < 4.78 is 30.9. The normalized spacial score (nSPS) is 30.1. The third-order valence-electron chi connectivity index (χ3n) is 14.4. The van der Waals surface area contributed by atoms with Gasteiger partial charge in [0.05, 0.1) is 47.9 Å². The second-order valence-corrected chi connectivity index (χ2v) is 19.0. The number of nitrogens with one attached hydrogen (secondary N) is 1. The average Bonchev–Trinajstić information content (AvgIpc) is 3.84. The smallest absolute Gasteiger partial charge is 0.244 e. The molecular formula is C48H53N3O15S. The number of carbonyl (C=O) groups excluding carboxylic acids is 6. The van der Waals surface area contributed by atoms with Crippen LogP contribution in [-0.2, 0) is 51.0 Å². The largest absolute Gasteiger partial charge is 0.507 e. The van der Waals surface area contributed by atoms with Gasteiger partial charge in [-0.05, 0) is 49.8 Å². The van der Waals surface area contributed by atoms with Crippen molar-refractivity contribution in [2.75, 3.05) is 45.6 Å². The monoisotopic (exact) mass is 943 g/mol. The van der Waals surface area contributed by atoms with Crippen LogP contribution in [0, 0.1) is 5.92 Å². The number of Topliss-reactive ketones (excluding diaryl/α,β-unsaturated/α-hetero) is 2. The molecular weight excluding hydrogens is 891 g/mol. The first-order valence-electron chi connectivity index (χ1n) is 22.3. The van der Waals surface area contributed by atoms with E-state index in [-0.39, 0.29) is 82.8 Å². The Balaban J connectivity index is 0.891. The van der Waals surface area contributed by atoms with Gasteiger partial charge < -0.3 is 49.4 Å². The van der Waals surface area contributed by atoms with E-state index in [0.29, 0.717) is 19.4 Å². The molecule has 4 aliphatic heterocycles. The number of aliphatic hydroxyl groups excluding tert-OH is 1. The Kier molecular flexibility index (Phi) is 12.8. The molecule has 3 aromatic rings.